The van der Waals surface area contributed by atoms with Gasteiger partial charge in [-0.05, 0) is 64.2 Å². The van der Waals surface area contributed by atoms with Gasteiger partial charge in [-0.15, -0.1) is 0 Å². The fourth-order valence-electron chi connectivity index (χ4n) is 3.89. The fraction of sp³-hybridized carbons (Fsp3) is 0.812. The van der Waals surface area contributed by atoms with E-state index in [0.717, 1.165) is 38.3 Å². The summed E-state index contributed by atoms with van der Waals surface area (Å²) in [5.41, 5.74) is 0. The van der Waals surface area contributed by atoms with Crippen LogP contribution in [0.3, 0.4) is 0 Å². The van der Waals surface area contributed by atoms with Crippen LogP contribution >= 0.6 is 0 Å². The van der Waals surface area contributed by atoms with Crippen LogP contribution in [0.5, 0.6) is 0 Å². The number of aldehydes is 2. The Morgan fingerprint density at radius 1 is 0.324 bits per heavy atom. The molecule has 34 heavy (non-hydrogen) atoms. The fourth-order valence-corrected chi connectivity index (χ4v) is 3.89. The highest BCUT2D eigenvalue weighted by Gasteiger charge is 1.91. The number of unbranched alkanes of at least 4 members (excludes halogenated alkanes) is 20. The van der Waals surface area contributed by atoms with E-state index in [4.69, 9.17) is 0 Å². The summed E-state index contributed by atoms with van der Waals surface area (Å²) >= 11 is 0. The average Bonchev–Trinajstić information content (AvgIpc) is 2.85. The van der Waals surface area contributed by atoms with Crippen LogP contribution in [0.25, 0.3) is 0 Å². The number of hydrogen-bond acceptors (Lipinski definition) is 2. The van der Waals surface area contributed by atoms with Gasteiger partial charge in [0.1, 0.15) is 12.6 Å². The van der Waals surface area contributed by atoms with E-state index in [-0.39, 0.29) is 0 Å². The van der Waals surface area contributed by atoms with Crippen molar-refractivity contribution < 1.29 is 9.59 Å². The third-order valence-electron chi connectivity index (χ3n) is 6.17. The van der Waals surface area contributed by atoms with E-state index >= 15 is 0 Å². The van der Waals surface area contributed by atoms with Crippen molar-refractivity contribution in [1.82, 2.24) is 0 Å². The van der Waals surface area contributed by atoms with Gasteiger partial charge in [0.05, 0.1) is 0 Å². The molecular formula is C32H60O2. The van der Waals surface area contributed by atoms with E-state index in [1.54, 1.807) is 0 Å². The Hall–Kier alpha value is -1.18. The Labute approximate surface area is 214 Å². The van der Waals surface area contributed by atoms with Crippen molar-refractivity contribution >= 4 is 12.6 Å². The normalized spacial score (nSPS) is 11.1. The number of rotatable bonds is 26. The maximum absolute atomic E-state index is 10.1. The third-order valence-corrected chi connectivity index (χ3v) is 6.17. The molecule has 0 radical (unpaired) electrons. The Bertz CT molecular complexity index is 425. The first-order chi connectivity index (χ1) is 16.8. The highest BCUT2D eigenvalue weighted by Crippen LogP contribution is 2.10. The molecule has 0 heterocycles. The van der Waals surface area contributed by atoms with Gasteiger partial charge in [0.15, 0.2) is 0 Å². The lowest BCUT2D eigenvalue weighted by Gasteiger charge is -1.99. The molecule has 0 aromatic carbocycles. The molecule has 0 aliphatic heterocycles. The summed E-state index contributed by atoms with van der Waals surface area (Å²) in [7, 11) is 0. The summed E-state index contributed by atoms with van der Waals surface area (Å²) in [6, 6.07) is 0. The first kappa shape index (κ1) is 35.0. The highest BCUT2D eigenvalue weighted by atomic mass is 16.1. The van der Waals surface area contributed by atoms with Crippen LogP contribution in [0.4, 0.5) is 0 Å². The van der Waals surface area contributed by atoms with Crippen molar-refractivity contribution in [2.24, 2.45) is 0 Å². The van der Waals surface area contributed by atoms with Gasteiger partial charge < -0.3 is 9.59 Å². The van der Waals surface area contributed by atoms with Gasteiger partial charge >= 0.3 is 0 Å². The molecule has 200 valence electrons. The SMILES string of the molecule is CCCCCC/C=C\CCCCCC=O.CCCCCC/C=C\CCCCCCCCCC=O. The van der Waals surface area contributed by atoms with E-state index in [2.05, 4.69) is 38.2 Å². The Morgan fingerprint density at radius 3 is 0.853 bits per heavy atom. The van der Waals surface area contributed by atoms with Crippen LogP contribution in [0.1, 0.15) is 168 Å². The summed E-state index contributed by atoms with van der Waals surface area (Å²) in [5.74, 6) is 0. The van der Waals surface area contributed by atoms with Gasteiger partial charge in [-0.25, -0.2) is 0 Å². The molecule has 0 aromatic heterocycles. The first-order valence-electron chi connectivity index (χ1n) is 15.0. The topological polar surface area (TPSA) is 34.1 Å². The summed E-state index contributed by atoms with van der Waals surface area (Å²) in [6.07, 6.45) is 41.3. The predicted octanol–water partition coefficient (Wildman–Crippen LogP) is 10.9. The van der Waals surface area contributed by atoms with Gasteiger partial charge in [-0.1, -0.05) is 115 Å². The van der Waals surface area contributed by atoms with E-state index in [0.29, 0.717) is 0 Å². The molecule has 0 rings (SSSR count). The molecule has 2 heteroatoms. The van der Waals surface area contributed by atoms with Crippen molar-refractivity contribution in [2.75, 3.05) is 0 Å². The van der Waals surface area contributed by atoms with Crippen LogP contribution in [-0.4, -0.2) is 12.6 Å². The standard InChI is InChI=1S/C18H34O.C14H26O/c1-2-3-4-5-6-7-8-9-10-11-12-13-14-15-16-17-18-19;1-2-3-4-5-6-7-8-9-10-11-12-13-14-15/h7-8,18H,2-6,9-17H2,1H3;7-8,14H,2-6,9-13H2,1H3/b2*8-7-. The van der Waals surface area contributed by atoms with Crippen molar-refractivity contribution in [3.05, 3.63) is 24.3 Å². The summed E-state index contributed by atoms with van der Waals surface area (Å²) < 4.78 is 0. The molecule has 0 bridgehead atoms. The van der Waals surface area contributed by atoms with Gasteiger partial charge in [-0.3, -0.25) is 0 Å². The second kappa shape index (κ2) is 36.4. The lowest BCUT2D eigenvalue weighted by molar-refractivity contribution is -0.108. The van der Waals surface area contributed by atoms with Gasteiger partial charge in [-0.2, -0.15) is 0 Å². The molecule has 0 unspecified atom stereocenters. The van der Waals surface area contributed by atoms with Gasteiger partial charge in [0.25, 0.3) is 0 Å². The molecule has 0 fully saturated rings. The average molecular weight is 477 g/mol. The van der Waals surface area contributed by atoms with Crippen LogP contribution in [0.2, 0.25) is 0 Å². The monoisotopic (exact) mass is 476 g/mol. The quantitative estimate of drug-likeness (QED) is 0.0706. The second-order valence-electron chi connectivity index (χ2n) is 9.67. The van der Waals surface area contributed by atoms with Crippen molar-refractivity contribution in [3.63, 3.8) is 0 Å². The number of carbonyl (C=O) groups excluding carboxylic acids is 2. The minimum atomic E-state index is 0.737. The molecule has 0 saturated carbocycles. The van der Waals surface area contributed by atoms with Crippen molar-refractivity contribution in [1.29, 1.82) is 0 Å². The smallest absolute Gasteiger partial charge is 0.119 e. The summed E-state index contributed by atoms with van der Waals surface area (Å²) in [6.45, 7) is 4.51. The van der Waals surface area contributed by atoms with E-state index in [1.807, 2.05) is 0 Å². The molecule has 0 aromatic rings. The predicted molar refractivity (Wildman–Crippen MR) is 153 cm³/mol. The van der Waals surface area contributed by atoms with Crippen molar-refractivity contribution in [2.45, 2.75) is 168 Å². The summed E-state index contributed by atoms with van der Waals surface area (Å²) in [5, 5.41) is 0. The minimum absolute atomic E-state index is 0.737. The van der Waals surface area contributed by atoms with E-state index < -0.39 is 0 Å². The summed E-state index contributed by atoms with van der Waals surface area (Å²) in [4.78, 5) is 20.2. The van der Waals surface area contributed by atoms with Crippen molar-refractivity contribution in [3.8, 4) is 0 Å². The van der Waals surface area contributed by atoms with Crippen LogP contribution in [0, 0.1) is 0 Å². The van der Waals surface area contributed by atoms with Crippen LogP contribution < -0.4 is 0 Å². The molecule has 0 saturated heterocycles. The lowest BCUT2D eigenvalue weighted by Crippen LogP contribution is -1.81. The Kier molecular flexibility index (Phi) is 37.4. The zero-order chi connectivity index (χ0) is 25.2. The maximum Gasteiger partial charge on any atom is 0.119 e. The zero-order valence-electron chi connectivity index (χ0n) is 23.3. The molecule has 0 spiro atoms. The van der Waals surface area contributed by atoms with Gasteiger partial charge in [0, 0.05) is 12.8 Å². The zero-order valence-corrected chi connectivity index (χ0v) is 23.3. The van der Waals surface area contributed by atoms with Crippen LogP contribution in [0.15, 0.2) is 24.3 Å². The highest BCUT2D eigenvalue weighted by molar-refractivity contribution is 5.49. The lowest BCUT2D eigenvalue weighted by atomic mass is 10.1. The molecule has 2 nitrogen and oxygen atoms in total. The molecule has 0 atom stereocenters. The molecular weight excluding hydrogens is 416 g/mol. The van der Waals surface area contributed by atoms with Crippen LogP contribution in [-0.2, 0) is 9.59 Å². The second-order valence-corrected chi connectivity index (χ2v) is 9.67. The van der Waals surface area contributed by atoms with E-state index in [1.165, 1.54) is 128 Å². The van der Waals surface area contributed by atoms with Gasteiger partial charge in [0.2, 0.25) is 0 Å². The number of carbonyl (C=O) groups is 2. The maximum atomic E-state index is 10.1. The number of hydrogen-bond donors (Lipinski definition) is 0. The van der Waals surface area contributed by atoms with E-state index in [9.17, 15) is 9.59 Å². The Balaban J connectivity index is 0. The molecule has 0 aliphatic carbocycles. The molecule has 0 aliphatic rings. The molecule has 0 amide bonds. The molecule has 0 N–H and O–H groups in total. The minimum Gasteiger partial charge on any atom is -0.303 e. The third kappa shape index (κ3) is 38.1. The first-order valence-corrected chi connectivity index (χ1v) is 15.0. The number of allylic oxidation sites excluding steroid dienone is 4. The largest absolute Gasteiger partial charge is 0.303 e. The Morgan fingerprint density at radius 2 is 0.559 bits per heavy atom.